The Morgan fingerprint density at radius 2 is 1.69 bits per heavy atom. The van der Waals surface area contributed by atoms with Crippen LogP contribution in [0.15, 0.2) is 42.5 Å². The van der Waals surface area contributed by atoms with Crippen LogP contribution in [0.2, 0.25) is 0 Å². The lowest BCUT2D eigenvalue weighted by molar-refractivity contribution is -0.139. The largest absolute Gasteiger partial charge is 0.493 e. The van der Waals surface area contributed by atoms with Gasteiger partial charge in [-0.25, -0.2) is 0 Å². The van der Waals surface area contributed by atoms with Crippen molar-refractivity contribution in [2.24, 2.45) is 0 Å². The molecule has 26 heavy (non-hydrogen) atoms. The number of alkyl halides is 3. The molecule has 0 N–H and O–H groups in total. The van der Waals surface area contributed by atoms with Crippen molar-refractivity contribution in [3.8, 4) is 11.5 Å². The monoisotopic (exact) mass is 367 g/mol. The Balaban J connectivity index is 2.12. The number of rotatable bonds is 6. The standard InChI is InChI=1S/C19H20F3NO3/c1-23(12-14-6-4-5-7-15(14)19(20,21)22)18(24)11-13-8-9-16(25-2)17(10-13)26-3/h4-10H,11-12H2,1-3H3. The van der Waals surface area contributed by atoms with E-state index in [1.165, 1.54) is 44.4 Å². The number of hydrogen-bond acceptors (Lipinski definition) is 3. The molecule has 0 aliphatic heterocycles. The van der Waals surface area contributed by atoms with Gasteiger partial charge in [-0.2, -0.15) is 13.2 Å². The minimum atomic E-state index is -4.45. The molecule has 4 nitrogen and oxygen atoms in total. The highest BCUT2D eigenvalue weighted by molar-refractivity contribution is 5.78. The number of carbonyl (C=O) groups excluding carboxylic acids is 1. The van der Waals surface area contributed by atoms with Gasteiger partial charge in [0.1, 0.15) is 0 Å². The minimum Gasteiger partial charge on any atom is -0.493 e. The summed E-state index contributed by atoms with van der Waals surface area (Å²) in [4.78, 5) is 13.7. The summed E-state index contributed by atoms with van der Waals surface area (Å²) in [6.45, 7) is -0.123. The van der Waals surface area contributed by atoms with Crippen molar-refractivity contribution >= 4 is 5.91 Å². The van der Waals surface area contributed by atoms with Gasteiger partial charge in [0.25, 0.3) is 0 Å². The second-order valence-electron chi connectivity index (χ2n) is 5.77. The molecule has 2 aromatic carbocycles. The lowest BCUT2D eigenvalue weighted by atomic mass is 10.1. The summed E-state index contributed by atoms with van der Waals surface area (Å²) < 4.78 is 49.6. The smallest absolute Gasteiger partial charge is 0.416 e. The number of halogens is 3. The molecular formula is C19H20F3NO3. The number of methoxy groups -OCH3 is 2. The van der Waals surface area contributed by atoms with Crippen LogP contribution in [0.1, 0.15) is 16.7 Å². The average molecular weight is 367 g/mol. The summed E-state index contributed by atoms with van der Waals surface area (Å²) in [5.41, 5.74) is 0.0116. The predicted molar refractivity (Wildman–Crippen MR) is 91.2 cm³/mol. The Morgan fingerprint density at radius 3 is 2.31 bits per heavy atom. The maximum absolute atomic E-state index is 13.1. The predicted octanol–water partition coefficient (Wildman–Crippen LogP) is 3.92. The zero-order valence-electron chi connectivity index (χ0n) is 14.8. The fourth-order valence-electron chi connectivity index (χ4n) is 2.58. The average Bonchev–Trinajstić information content (AvgIpc) is 2.61. The van der Waals surface area contributed by atoms with Gasteiger partial charge in [-0.3, -0.25) is 4.79 Å². The van der Waals surface area contributed by atoms with Crippen LogP contribution in [0.5, 0.6) is 11.5 Å². The van der Waals surface area contributed by atoms with Crippen molar-refractivity contribution in [2.75, 3.05) is 21.3 Å². The van der Waals surface area contributed by atoms with Crippen molar-refractivity contribution in [1.82, 2.24) is 4.90 Å². The molecule has 2 aromatic rings. The number of benzene rings is 2. The first-order valence-electron chi connectivity index (χ1n) is 7.86. The molecule has 0 atom stereocenters. The highest BCUT2D eigenvalue weighted by Crippen LogP contribution is 2.32. The Kier molecular flexibility index (Phi) is 6.13. The summed E-state index contributed by atoms with van der Waals surface area (Å²) in [6.07, 6.45) is -4.41. The van der Waals surface area contributed by atoms with Gasteiger partial charge in [0.2, 0.25) is 5.91 Å². The van der Waals surface area contributed by atoms with E-state index in [0.717, 1.165) is 6.07 Å². The third-order valence-corrected chi connectivity index (χ3v) is 3.96. The maximum atomic E-state index is 13.1. The molecule has 0 aliphatic rings. The number of ether oxygens (including phenoxy) is 2. The zero-order chi connectivity index (χ0) is 19.3. The maximum Gasteiger partial charge on any atom is 0.416 e. The first kappa shape index (κ1) is 19.6. The lowest BCUT2D eigenvalue weighted by Crippen LogP contribution is -2.28. The lowest BCUT2D eigenvalue weighted by Gasteiger charge is -2.20. The molecule has 0 aliphatic carbocycles. The summed E-state index contributed by atoms with van der Waals surface area (Å²) in [7, 11) is 4.48. The Hall–Kier alpha value is -2.70. The summed E-state index contributed by atoms with van der Waals surface area (Å²) in [5, 5.41) is 0. The van der Waals surface area contributed by atoms with Gasteiger partial charge in [0.15, 0.2) is 11.5 Å². The van der Waals surface area contributed by atoms with Gasteiger partial charge >= 0.3 is 6.18 Å². The van der Waals surface area contributed by atoms with Gasteiger partial charge in [-0.1, -0.05) is 24.3 Å². The second-order valence-corrected chi connectivity index (χ2v) is 5.77. The highest BCUT2D eigenvalue weighted by Gasteiger charge is 2.33. The molecule has 140 valence electrons. The molecule has 0 aromatic heterocycles. The fraction of sp³-hybridized carbons (Fsp3) is 0.316. The number of nitrogens with zero attached hydrogens (tertiary/aromatic N) is 1. The third kappa shape index (κ3) is 4.68. The molecule has 7 heteroatoms. The molecule has 0 saturated heterocycles. The van der Waals surface area contributed by atoms with Gasteiger partial charge in [-0.05, 0) is 29.3 Å². The van der Waals surface area contributed by atoms with Crippen LogP contribution in [-0.4, -0.2) is 32.1 Å². The molecule has 1 amide bonds. The molecule has 0 bridgehead atoms. The molecular weight excluding hydrogens is 347 g/mol. The summed E-state index contributed by atoms with van der Waals surface area (Å²) in [5.74, 6) is 0.730. The van der Waals surface area contributed by atoms with Crippen molar-refractivity contribution in [1.29, 1.82) is 0 Å². The summed E-state index contributed by atoms with van der Waals surface area (Å²) in [6, 6.07) is 10.3. The molecule has 0 saturated carbocycles. The van der Waals surface area contributed by atoms with Gasteiger partial charge in [-0.15, -0.1) is 0 Å². The van der Waals surface area contributed by atoms with Crippen LogP contribution < -0.4 is 9.47 Å². The van der Waals surface area contributed by atoms with E-state index >= 15 is 0 Å². The van der Waals surface area contributed by atoms with E-state index in [-0.39, 0.29) is 24.4 Å². The number of likely N-dealkylation sites (N-methyl/N-ethyl adjacent to an activating group) is 1. The van der Waals surface area contributed by atoms with Crippen molar-refractivity contribution in [3.63, 3.8) is 0 Å². The minimum absolute atomic E-state index is 0.0467. The summed E-state index contributed by atoms with van der Waals surface area (Å²) >= 11 is 0. The van der Waals surface area contributed by atoms with Crippen LogP contribution in [0, 0.1) is 0 Å². The van der Waals surface area contributed by atoms with Crippen LogP contribution in [-0.2, 0) is 23.9 Å². The quantitative estimate of drug-likeness (QED) is 0.777. The fourth-order valence-corrected chi connectivity index (χ4v) is 2.58. The van der Waals surface area contributed by atoms with Crippen molar-refractivity contribution in [3.05, 3.63) is 59.2 Å². The SMILES string of the molecule is COc1ccc(CC(=O)N(C)Cc2ccccc2C(F)(F)F)cc1OC. The van der Waals surface area contributed by atoms with E-state index in [9.17, 15) is 18.0 Å². The zero-order valence-corrected chi connectivity index (χ0v) is 14.8. The molecule has 0 fully saturated rings. The van der Waals surface area contributed by atoms with E-state index in [1.54, 1.807) is 18.2 Å². The first-order chi connectivity index (χ1) is 12.3. The van der Waals surface area contributed by atoms with Crippen LogP contribution >= 0.6 is 0 Å². The number of carbonyl (C=O) groups is 1. The van der Waals surface area contributed by atoms with Gasteiger partial charge < -0.3 is 14.4 Å². The Morgan fingerprint density at radius 1 is 1.04 bits per heavy atom. The van der Waals surface area contributed by atoms with E-state index in [1.807, 2.05) is 0 Å². The van der Waals surface area contributed by atoms with Crippen molar-refractivity contribution < 1.29 is 27.4 Å². The van der Waals surface area contributed by atoms with Gasteiger partial charge in [0.05, 0.1) is 26.2 Å². The Bertz CT molecular complexity index is 775. The molecule has 0 unspecified atom stereocenters. The molecule has 0 spiro atoms. The molecule has 0 radical (unpaired) electrons. The highest BCUT2D eigenvalue weighted by atomic mass is 19.4. The van der Waals surface area contributed by atoms with E-state index in [2.05, 4.69) is 0 Å². The topological polar surface area (TPSA) is 38.8 Å². The van der Waals surface area contributed by atoms with Gasteiger partial charge in [0, 0.05) is 13.6 Å². The number of hydrogen-bond donors (Lipinski definition) is 0. The van der Waals surface area contributed by atoms with Crippen LogP contribution in [0.3, 0.4) is 0 Å². The number of amides is 1. The van der Waals surface area contributed by atoms with Crippen LogP contribution in [0.25, 0.3) is 0 Å². The van der Waals surface area contributed by atoms with E-state index in [0.29, 0.717) is 17.1 Å². The van der Waals surface area contributed by atoms with Crippen molar-refractivity contribution in [2.45, 2.75) is 19.1 Å². The normalized spacial score (nSPS) is 11.2. The molecule has 2 rings (SSSR count). The Labute approximate surface area is 150 Å². The first-order valence-corrected chi connectivity index (χ1v) is 7.86. The second kappa shape index (κ2) is 8.12. The molecule has 0 heterocycles. The van der Waals surface area contributed by atoms with E-state index in [4.69, 9.17) is 9.47 Å². The van der Waals surface area contributed by atoms with Crippen LogP contribution in [0.4, 0.5) is 13.2 Å². The van der Waals surface area contributed by atoms with E-state index < -0.39 is 11.7 Å². The third-order valence-electron chi connectivity index (χ3n) is 3.96.